The molecule has 118 valence electrons. The molecule has 0 saturated carbocycles. The van der Waals surface area contributed by atoms with E-state index in [-0.39, 0.29) is 0 Å². The van der Waals surface area contributed by atoms with Crippen LogP contribution in [-0.2, 0) is 11.3 Å². The number of thioether (sulfide) groups is 1. The Kier molecular flexibility index (Phi) is 5.51. The predicted octanol–water partition coefficient (Wildman–Crippen LogP) is 4.21. The van der Waals surface area contributed by atoms with Crippen molar-refractivity contribution in [2.24, 2.45) is 10.7 Å². The van der Waals surface area contributed by atoms with Crippen LogP contribution in [-0.4, -0.2) is 17.5 Å². The minimum Gasteiger partial charge on any atom is -0.378 e. The van der Waals surface area contributed by atoms with Gasteiger partial charge in [-0.25, -0.2) is 4.99 Å². The second-order valence-corrected chi connectivity index (χ2v) is 6.40. The summed E-state index contributed by atoms with van der Waals surface area (Å²) in [6, 6.07) is 18.9. The number of hydrogen-bond acceptors (Lipinski definition) is 4. The third-order valence-electron chi connectivity index (χ3n) is 3.68. The van der Waals surface area contributed by atoms with E-state index in [1.807, 2.05) is 12.3 Å². The van der Waals surface area contributed by atoms with Crippen LogP contribution in [0.15, 0.2) is 71.4 Å². The zero-order chi connectivity index (χ0) is 15.9. The van der Waals surface area contributed by atoms with Crippen molar-refractivity contribution < 1.29 is 4.74 Å². The van der Waals surface area contributed by atoms with Gasteiger partial charge in [0.1, 0.15) is 0 Å². The van der Waals surface area contributed by atoms with Crippen LogP contribution in [0.25, 0.3) is 11.1 Å². The summed E-state index contributed by atoms with van der Waals surface area (Å²) in [7, 11) is 0. The van der Waals surface area contributed by atoms with E-state index in [4.69, 9.17) is 10.5 Å². The molecule has 23 heavy (non-hydrogen) atoms. The maximum absolute atomic E-state index is 5.77. The molecule has 1 heterocycles. The third kappa shape index (κ3) is 4.71. The van der Waals surface area contributed by atoms with Crippen LogP contribution >= 0.6 is 11.8 Å². The Morgan fingerprint density at radius 1 is 1.00 bits per heavy atom. The van der Waals surface area contributed by atoms with Crippen LogP contribution in [0.3, 0.4) is 0 Å². The number of hydrogen-bond donors (Lipinski definition) is 1. The number of aliphatic imine (C=N–C) groups is 1. The van der Waals surface area contributed by atoms with Crippen LogP contribution in [0.5, 0.6) is 0 Å². The van der Waals surface area contributed by atoms with E-state index < -0.39 is 0 Å². The molecule has 0 unspecified atom stereocenters. The van der Waals surface area contributed by atoms with E-state index in [1.54, 1.807) is 11.8 Å². The molecule has 0 fully saturated rings. The molecule has 4 heteroatoms. The normalized spacial score (nSPS) is 14.3. The molecule has 3 nitrogen and oxygen atoms in total. The molecular formula is C19H20N2OS. The summed E-state index contributed by atoms with van der Waals surface area (Å²) >= 11 is 1.58. The first kappa shape index (κ1) is 15.8. The monoisotopic (exact) mass is 324 g/mol. The smallest absolute Gasteiger partial charge is 0.158 e. The molecular weight excluding hydrogens is 304 g/mol. The Morgan fingerprint density at radius 2 is 1.74 bits per heavy atom. The van der Waals surface area contributed by atoms with Gasteiger partial charge in [-0.05, 0) is 28.7 Å². The van der Waals surface area contributed by atoms with Crippen LogP contribution in [0.1, 0.15) is 12.0 Å². The van der Waals surface area contributed by atoms with E-state index in [0.717, 1.165) is 12.2 Å². The van der Waals surface area contributed by atoms with Gasteiger partial charge < -0.3 is 10.5 Å². The molecule has 0 amide bonds. The number of amidine groups is 1. The lowest BCUT2D eigenvalue weighted by Crippen LogP contribution is -2.11. The van der Waals surface area contributed by atoms with E-state index in [2.05, 4.69) is 53.5 Å². The average Bonchev–Trinajstić information content (AvgIpc) is 2.62. The molecule has 0 aliphatic carbocycles. The van der Waals surface area contributed by atoms with E-state index in [0.29, 0.717) is 18.4 Å². The maximum atomic E-state index is 5.77. The van der Waals surface area contributed by atoms with Crippen LogP contribution in [0, 0.1) is 0 Å². The molecule has 1 aliphatic heterocycles. The van der Waals surface area contributed by atoms with Gasteiger partial charge in [0.25, 0.3) is 0 Å². The van der Waals surface area contributed by atoms with Crippen molar-refractivity contribution in [1.29, 1.82) is 0 Å². The van der Waals surface area contributed by atoms with Crippen LogP contribution < -0.4 is 5.73 Å². The van der Waals surface area contributed by atoms with Gasteiger partial charge in [0.05, 0.1) is 13.2 Å². The summed E-state index contributed by atoms with van der Waals surface area (Å²) in [6.07, 6.45) is 2.77. The van der Waals surface area contributed by atoms with Crippen molar-refractivity contribution in [3.8, 4) is 11.1 Å². The fourth-order valence-electron chi connectivity index (χ4n) is 2.35. The quantitative estimate of drug-likeness (QED) is 0.810. The molecule has 0 aromatic heterocycles. The topological polar surface area (TPSA) is 47.6 Å². The summed E-state index contributed by atoms with van der Waals surface area (Å²) < 4.78 is 5.77. The van der Waals surface area contributed by atoms with Crippen molar-refractivity contribution >= 4 is 16.9 Å². The minimum atomic E-state index is 0.640. The van der Waals surface area contributed by atoms with Gasteiger partial charge in [0, 0.05) is 12.0 Å². The number of ether oxygens (including phenoxy) is 1. The Labute approximate surface area is 141 Å². The molecule has 0 bridgehead atoms. The summed E-state index contributed by atoms with van der Waals surface area (Å²) in [5, 5.41) is 0.646. The fraction of sp³-hybridized carbons (Fsp3) is 0.211. The summed E-state index contributed by atoms with van der Waals surface area (Å²) in [4.78, 5) is 4.13. The highest BCUT2D eigenvalue weighted by atomic mass is 32.2. The van der Waals surface area contributed by atoms with Crippen molar-refractivity contribution in [2.45, 2.75) is 13.0 Å². The first-order valence-corrected chi connectivity index (χ1v) is 8.66. The Morgan fingerprint density at radius 3 is 2.43 bits per heavy atom. The van der Waals surface area contributed by atoms with Gasteiger partial charge in [-0.1, -0.05) is 66.4 Å². The van der Waals surface area contributed by atoms with Gasteiger partial charge in [-0.15, -0.1) is 0 Å². The Hall–Kier alpha value is -2.04. The Bertz CT molecular complexity index is 693. The lowest BCUT2D eigenvalue weighted by molar-refractivity contribution is 0.124. The molecule has 1 aliphatic rings. The first-order valence-electron chi connectivity index (χ1n) is 7.67. The predicted molar refractivity (Wildman–Crippen MR) is 98.3 cm³/mol. The third-order valence-corrected chi connectivity index (χ3v) is 4.59. The number of benzene rings is 2. The second-order valence-electron chi connectivity index (χ2n) is 5.41. The first-order chi connectivity index (χ1) is 11.3. The van der Waals surface area contributed by atoms with Crippen molar-refractivity contribution in [3.63, 3.8) is 0 Å². The van der Waals surface area contributed by atoms with E-state index in [1.165, 1.54) is 22.3 Å². The molecule has 3 rings (SSSR count). The van der Waals surface area contributed by atoms with Crippen molar-refractivity contribution in [3.05, 3.63) is 71.9 Å². The highest BCUT2D eigenvalue weighted by Crippen LogP contribution is 2.20. The second kappa shape index (κ2) is 7.99. The molecule has 2 aromatic carbocycles. The lowest BCUT2D eigenvalue weighted by atomic mass is 10.0. The molecule has 0 atom stereocenters. The SMILES string of the molecule is NC1=NC=C(CCOCc2ccc(-c3ccccc3)cc2)CS1. The van der Waals surface area contributed by atoms with Gasteiger partial charge in [0.15, 0.2) is 5.17 Å². The summed E-state index contributed by atoms with van der Waals surface area (Å²) in [5.41, 5.74) is 10.6. The highest BCUT2D eigenvalue weighted by Gasteiger charge is 2.05. The standard InChI is InChI=1S/C19H20N2OS/c20-19-21-12-16(14-23-19)10-11-22-13-15-6-8-18(9-7-15)17-4-2-1-3-5-17/h1-9,12H,10-11,13-14H2,(H2,20,21). The van der Waals surface area contributed by atoms with Gasteiger partial charge >= 0.3 is 0 Å². The van der Waals surface area contributed by atoms with Crippen molar-refractivity contribution in [1.82, 2.24) is 0 Å². The summed E-state index contributed by atoms with van der Waals surface area (Å²) in [5.74, 6) is 0.921. The van der Waals surface area contributed by atoms with Gasteiger partial charge in [-0.3, -0.25) is 0 Å². The molecule has 0 spiro atoms. The highest BCUT2D eigenvalue weighted by molar-refractivity contribution is 8.14. The Balaban J connectivity index is 1.46. The molecule has 2 N–H and O–H groups in total. The zero-order valence-electron chi connectivity index (χ0n) is 12.9. The number of rotatable bonds is 6. The maximum Gasteiger partial charge on any atom is 0.158 e. The fourth-order valence-corrected chi connectivity index (χ4v) is 3.03. The number of nitrogens with zero attached hydrogens (tertiary/aromatic N) is 1. The largest absolute Gasteiger partial charge is 0.378 e. The molecule has 0 radical (unpaired) electrons. The lowest BCUT2D eigenvalue weighted by Gasteiger charge is -2.11. The van der Waals surface area contributed by atoms with E-state index in [9.17, 15) is 0 Å². The number of nitrogens with two attached hydrogens (primary N) is 1. The van der Waals surface area contributed by atoms with E-state index >= 15 is 0 Å². The zero-order valence-corrected chi connectivity index (χ0v) is 13.8. The molecule has 0 saturated heterocycles. The summed E-state index contributed by atoms with van der Waals surface area (Å²) in [6.45, 7) is 1.35. The van der Waals surface area contributed by atoms with Crippen molar-refractivity contribution in [2.75, 3.05) is 12.4 Å². The van der Waals surface area contributed by atoms with Gasteiger partial charge in [0.2, 0.25) is 0 Å². The average molecular weight is 324 g/mol. The van der Waals surface area contributed by atoms with Crippen LogP contribution in [0.4, 0.5) is 0 Å². The minimum absolute atomic E-state index is 0.640. The van der Waals surface area contributed by atoms with Gasteiger partial charge in [-0.2, -0.15) is 0 Å². The van der Waals surface area contributed by atoms with Crippen LogP contribution in [0.2, 0.25) is 0 Å². The molecule has 2 aromatic rings.